The maximum atomic E-state index is 12.0. The second-order valence-electron chi connectivity index (χ2n) is 14.4. The van der Waals surface area contributed by atoms with Crippen molar-refractivity contribution in [2.45, 2.75) is 117 Å². The first kappa shape index (κ1) is 34.5. The van der Waals surface area contributed by atoms with Crippen LogP contribution in [0.15, 0.2) is 0 Å². The summed E-state index contributed by atoms with van der Waals surface area (Å²) in [4.78, 5) is 0. The van der Waals surface area contributed by atoms with Crippen LogP contribution in [0, 0.1) is 52.3 Å². The van der Waals surface area contributed by atoms with E-state index in [-0.39, 0.29) is 36.0 Å². The van der Waals surface area contributed by atoms with Gasteiger partial charge in [0.25, 0.3) is 0 Å². The van der Waals surface area contributed by atoms with Gasteiger partial charge in [-0.25, -0.2) is 12.5 Å². The Kier molecular flexibility index (Phi) is 9.92. The third-order valence-electron chi connectivity index (χ3n) is 11.6. The van der Waals surface area contributed by atoms with Crippen LogP contribution in [0.1, 0.15) is 98.8 Å². The summed E-state index contributed by atoms with van der Waals surface area (Å²) < 4.78 is 114. The fraction of sp³-hybridized carbons (Fsp3) is 1.00. The molecule has 4 aliphatic carbocycles. The van der Waals surface area contributed by atoms with Gasteiger partial charge in [-0.05, 0) is 97.2 Å². The zero-order valence-corrected chi connectivity index (χ0v) is 27.5. The lowest BCUT2D eigenvalue weighted by atomic mass is 9.43. The van der Waals surface area contributed by atoms with Gasteiger partial charge in [0.2, 0.25) is 0 Å². The summed E-state index contributed by atoms with van der Waals surface area (Å²) in [5.74, 6) is 1.29. The Morgan fingerprint density at radius 1 is 0.690 bits per heavy atom. The smallest absolute Gasteiger partial charge is 0.264 e. The molecule has 4 fully saturated rings. The van der Waals surface area contributed by atoms with Gasteiger partial charge in [-0.2, -0.15) is 25.3 Å². The molecule has 4 rings (SSSR count). The highest BCUT2D eigenvalue weighted by Crippen LogP contribution is 2.69. The molecule has 0 radical (unpaired) electrons. The fourth-order valence-electron chi connectivity index (χ4n) is 10.1. The molecule has 0 heterocycles. The Hall–Kier alpha value is -0.390. The fourth-order valence-corrected chi connectivity index (χ4v) is 11.6. The van der Waals surface area contributed by atoms with E-state index >= 15 is 0 Å². The van der Waals surface area contributed by atoms with E-state index in [1.54, 1.807) is 0 Å². The van der Waals surface area contributed by atoms with Crippen LogP contribution in [0.4, 0.5) is 0 Å². The topological polar surface area (TPSA) is 191 Å². The van der Waals surface area contributed by atoms with Crippen molar-refractivity contribution in [2.24, 2.45) is 52.3 Å². The number of fused-ring (bicyclic) bond motifs is 5. The maximum Gasteiger partial charge on any atom is 0.397 e. The largest absolute Gasteiger partial charge is 0.397 e. The minimum atomic E-state index is -5.06. The molecule has 0 saturated heterocycles. The van der Waals surface area contributed by atoms with E-state index in [4.69, 9.17) is 12.5 Å². The average Bonchev–Trinajstić information content (AvgIpc) is 3.14. The van der Waals surface area contributed by atoms with Crippen molar-refractivity contribution in [3.63, 3.8) is 0 Å². The molecule has 12 nitrogen and oxygen atoms in total. The minimum Gasteiger partial charge on any atom is -0.264 e. The Bertz CT molecular complexity index is 1300. The van der Waals surface area contributed by atoms with Gasteiger partial charge in [0.15, 0.2) is 0 Å². The zero-order valence-electron chi connectivity index (χ0n) is 25.1. The van der Waals surface area contributed by atoms with Crippen LogP contribution in [0.3, 0.4) is 0 Å². The number of hydrogen-bond acceptors (Lipinski definition) is 9. The Morgan fingerprint density at radius 3 is 1.81 bits per heavy atom. The SMILES string of the molecule is CC(C)CCC[C@@H](C)[C@H]1CC[C@H]2[C@@H]3C[C@@H](OS(=O)(=O)O)[C@H]4C[C@H](OS(=O)(=O)O)[C@@H](OS(=O)(=O)O)C[C@]4(C)[C@H]3CC[C@]12C. The first-order chi connectivity index (χ1) is 19.1. The molecule has 0 spiro atoms. The normalized spacial score (nSPS) is 41.6. The standard InChI is InChI=1S/C27H48O12S3/c1-16(2)7-6-8-17(3)19-9-10-20-18-13-23(37-40(28,29)30)22-14-24(38-41(31,32)33)25(39-42(34,35)36)15-27(22,5)21(18)11-12-26(19,20)4/h16-25H,6-15H2,1-5H3,(H,28,29,30)(H,31,32,33)(H,34,35,36)/t17-,18+,19-,20+,21+,22-,23-,24+,25+,26-,27-/m1/s1. The predicted molar refractivity (Wildman–Crippen MR) is 153 cm³/mol. The van der Waals surface area contributed by atoms with Gasteiger partial charge in [0.05, 0.1) is 6.10 Å². The molecule has 0 aliphatic heterocycles. The molecular formula is C27H48O12S3. The number of rotatable bonds is 11. The molecule has 4 aliphatic rings. The van der Waals surface area contributed by atoms with Gasteiger partial charge in [-0.3, -0.25) is 13.7 Å². The molecule has 11 atom stereocenters. The second kappa shape index (κ2) is 12.1. The van der Waals surface area contributed by atoms with Gasteiger partial charge >= 0.3 is 31.2 Å². The van der Waals surface area contributed by atoms with E-state index in [2.05, 4.69) is 27.7 Å². The van der Waals surface area contributed by atoms with Crippen LogP contribution in [0.5, 0.6) is 0 Å². The molecule has 0 aromatic carbocycles. The molecule has 42 heavy (non-hydrogen) atoms. The Balaban J connectivity index is 1.67. The highest BCUT2D eigenvalue weighted by molar-refractivity contribution is 7.81. The summed E-state index contributed by atoms with van der Waals surface area (Å²) in [7, 11) is -15.0. The molecule has 3 N–H and O–H groups in total. The van der Waals surface area contributed by atoms with Crippen molar-refractivity contribution in [2.75, 3.05) is 0 Å². The van der Waals surface area contributed by atoms with Crippen molar-refractivity contribution in [1.29, 1.82) is 0 Å². The van der Waals surface area contributed by atoms with Gasteiger partial charge < -0.3 is 0 Å². The molecule has 0 amide bonds. The molecule has 0 aromatic rings. The molecule has 0 bridgehead atoms. The minimum absolute atomic E-state index is 0.00370. The lowest BCUT2D eigenvalue weighted by Gasteiger charge is -2.63. The molecule has 15 heteroatoms. The lowest BCUT2D eigenvalue weighted by Crippen LogP contribution is -2.62. The van der Waals surface area contributed by atoms with Crippen molar-refractivity contribution < 1.29 is 51.5 Å². The first-order valence-corrected chi connectivity index (χ1v) is 19.2. The van der Waals surface area contributed by atoms with Crippen LogP contribution < -0.4 is 0 Å². The molecular weight excluding hydrogens is 612 g/mol. The highest BCUT2D eigenvalue weighted by Gasteiger charge is 2.65. The second-order valence-corrected chi connectivity index (χ2v) is 17.5. The molecule has 4 saturated carbocycles. The third kappa shape index (κ3) is 7.52. The van der Waals surface area contributed by atoms with Crippen molar-refractivity contribution >= 4 is 31.2 Å². The zero-order chi connectivity index (χ0) is 31.5. The summed E-state index contributed by atoms with van der Waals surface area (Å²) in [5.41, 5.74) is -0.783. The van der Waals surface area contributed by atoms with E-state index < -0.39 is 60.8 Å². The number of hydrogen-bond donors (Lipinski definition) is 3. The van der Waals surface area contributed by atoms with E-state index in [0.29, 0.717) is 24.2 Å². The van der Waals surface area contributed by atoms with Gasteiger partial charge in [-0.15, -0.1) is 0 Å². The maximum absolute atomic E-state index is 12.0. The van der Waals surface area contributed by atoms with Gasteiger partial charge in [0.1, 0.15) is 12.2 Å². The quantitative estimate of drug-likeness (QED) is 0.255. The van der Waals surface area contributed by atoms with Gasteiger partial charge in [0, 0.05) is 0 Å². The van der Waals surface area contributed by atoms with Crippen LogP contribution in [0.2, 0.25) is 0 Å². The van der Waals surface area contributed by atoms with Crippen LogP contribution >= 0.6 is 0 Å². The van der Waals surface area contributed by atoms with Crippen LogP contribution in [-0.4, -0.2) is 57.2 Å². The summed E-state index contributed by atoms with van der Waals surface area (Å²) in [5, 5.41) is 0. The first-order valence-electron chi connectivity index (χ1n) is 15.1. The summed E-state index contributed by atoms with van der Waals surface area (Å²) in [6, 6.07) is 0. The molecule has 246 valence electrons. The predicted octanol–water partition coefficient (Wildman–Crippen LogP) is 4.89. The summed E-state index contributed by atoms with van der Waals surface area (Å²) in [6.45, 7) is 11.0. The monoisotopic (exact) mass is 660 g/mol. The lowest BCUT2D eigenvalue weighted by molar-refractivity contribution is -0.184. The summed E-state index contributed by atoms with van der Waals surface area (Å²) in [6.07, 6.45) is 3.24. The van der Waals surface area contributed by atoms with E-state index in [0.717, 1.165) is 32.1 Å². The van der Waals surface area contributed by atoms with Crippen molar-refractivity contribution in [3.05, 3.63) is 0 Å². The van der Waals surface area contributed by atoms with Crippen molar-refractivity contribution in [1.82, 2.24) is 0 Å². The molecule has 0 aromatic heterocycles. The Labute approximate surface area is 251 Å². The van der Waals surface area contributed by atoms with E-state index in [9.17, 15) is 38.9 Å². The van der Waals surface area contributed by atoms with Crippen molar-refractivity contribution in [3.8, 4) is 0 Å². The Morgan fingerprint density at radius 2 is 1.24 bits per heavy atom. The van der Waals surface area contributed by atoms with E-state index in [1.165, 1.54) is 12.8 Å². The van der Waals surface area contributed by atoms with Crippen LogP contribution in [-0.2, 0) is 43.7 Å². The summed E-state index contributed by atoms with van der Waals surface area (Å²) >= 11 is 0. The van der Waals surface area contributed by atoms with Gasteiger partial charge in [-0.1, -0.05) is 53.9 Å². The average molecular weight is 661 g/mol. The highest BCUT2D eigenvalue weighted by atomic mass is 32.3. The third-order valence-corrected chi connectivity index (χ3v) is 13.0. The molecule has 0 unspecified atom stereocenters. The van der Waals surface area contributed by atoms with Crippen LogP contribution in [0.25, 0.3) is 0 Å². The van der Waals surface area contributed by atoms with E-state index in [1.807, 2.05) is 6.92 Å².